The highest BCUT2D eigenvalue weighted by atomic mass is 32.1. The number of hydrogen-bond acceptors (Lipinski definition) is 3. The topological polar surface area (TPSA) is 49.5 Å². The minimum absolute atomic E-state index is 0.164. The molecule has 4 heteroatoms. The first-order chi connectivity index (χ1) is 6.09. The van der Waals surface area contributed by atoms with Crippen LogP contribution in [0.25, 0.3) is 0 Å². The van der Waals surface area contributed by atoms with Crippen molar-refractivity contribution in [2.24, 2.45) is 5.73 Å². The Labute approximate surface area is 84.9 Å². The van der Waals surface area contributed by atoms with Crippen LogP contribution >= 0.6 is 12.2 Å². The minimum Gasteiger partial charge on any atom is -0.393 e. The summed E-state index contributed by atoms with van der Waals surface area (Å²) in [7, 11) is 0. The zero-order valence-corrected chi connectivity index (χ0v) is 8.89. The van der Waals surface area contributed by atoms with E-state index in [1.807, 2.05) is 0 Å². The number of aliphatic hydroxyl groups excluding tert-OH is 1. The van der Waals surface area contributed by atoms with Crippen LogP contribution in [0.2, 0.25) is 0 Å². The van der Waals surface area contributed by atoms with Gasteiger partial charge in [0, 0.05) is 25.6 Å². The lowest BCUT2D eigenvalue weighted by atomic mass is 10.0. The van der Waals surface area contributed by atoms with Gasteiger partial charge in [0.1, 0.15) is 0 Å². The van der Waals surface area contributed by atoms with Crippen LogP contribution < -0.4 is 5.73 Å². The van der Waals surface area contributed by atoms with Crippen molar-refractivity contribution < 1.29 is 5.11 Å². The summed E-state index contributed by atoms with van der Waals surface area (Å²) in [6, 6.07) is 0.553. The van der Waals surface area contributed by atoms with Crippen LogP contribution in [0, 0.1) is 0 Å². The summed E-state index contributed by atoms with van der Waals surface area (Å²) in [5.74, 6) is 0. The van der Waals surface area contributed by atoms with Gasteiger partial charge >= 0.3 is 0 Å². The predicted octanol–water partition coefficient (Wildman–Crippen LogP) is 0.508. The van der Waals surface area contributed by atoms with Crippen molar-refractivity contribution in [1.29, 1.82) is 0 Å². The number of nitrogens with two attached hydrogens (primary N) is 1. The molecule has 1 rings (SSSR count). The summed E-state index contributed by atoms with van der Waals surface area (Å²) >= 11 is 4.82. The number of thiocarbonyl (C=S) groups is 1. The lowest BCUT2D eigenvalue weighted by Crippen LogP contribution is -2.45. The highest BCUT2D eigenvalue weighted by molar-refractivity contribution is 7.80. The fraction of sp³-hybridized carbons (Fsp3) is 0.889. The first-order valence-electron chi connectivity index (χ1n) is 4.80. The number of aliphatic hydroxyl groups is 1. The molecular formula is C9H18N2OS. The van der Waals surface area contributed by atoms with Gasteiger partial charge in [0.2, 0.25) is 0 Å². The van der Waals surface area contributed by atoms with Crippen LogP contribution in [-0.4, -0.2) is 40.2 Å². The third kappa shape index (κ3) is 3.58. The normalized spacial score (nSPS) is 30.3. The van der Waals surface area contributed by atoms with E-state index in [1.54, 1.807) is 0 Å². The van der Waals surface area contributed by atoms with Gasteiger partial charge in [-0.25, -0.2) is 0 Å². The van der Waals surface area contributed by atoms with Gasteiger partial charge in [0.25, 0.3) is 0 Å². The summed E-state index contributed by atoms with van der Waals surface area (Å²) < 4.78 is 0. The van der Waals surface area contributed by atoms with Crippen LogP contribution in [0.15, 0.2) is 0 Å². The Hall–Kier alpha value is -0.190. The summed E-state index contributed by atoms with van der Waals surface area (Å²) in [5, 5.41) is 9.46. The zero-order chi connectivity index (χ0) is 9.84. The molecule has 0 aromatic heterocycles. The Morgan fingerprint density at radius 1 is 1.62 bits per heavy atom. The van der Waals surface area contributed by atoms with E-state index in [9.17, 15) is 5.11 Å². The fourth-order valence-corrected chi connectivity index (χ4v) is 1.81. The van der Waals surface area contributed by atoms with Gasteiger partial charge in [0.15, 0.2) is 0 Å². The average molecular weight is 202 g/mol. The van der Waals surface area contributed by atoms with Gasteiger partial charge in [0.05, 0.1) is 11.1 Å². The largest absolute Gasteiger partial charge is 0.393 e. The molecule has 2 atom stereocenters. The first kappa shape index (κ1) is 10.9. The van der Waals surface area contributed by atoms with Gasteiger partial charge in [-0.3, -0.25) is 4.90 Å². The van der Waals surface area contributed by atoms with Crippen molar-refractivity contribution in [1.82, 2.24) is 4.90 Å². The van der Waals surface area contributed by atoms with Crippen molar-refractivity contribution in [2.45, 2.75) is 38.3 Å². The molecule has 13 heavy (non-hydrogen) atoms. The molecule has 1 fully saturated rings. The summed E-state index contributed by atoms with van der Waals surface area (Å²) in [6.07, 6.45) is 2.58. The predicted molar refractivity (Wildman–Crippen MR) is 57.7 cm³/mol. The molecule has 1 saturated heterocycles. The highest BCUT2D eigenvalue weighted by Gasteiger charge is 2.23. The maximum Gasteiger partial charge on any atom is 0.0740 e. The van der Waals surface area contributed by atoms with E-state index >= 15 is 0 Å². The SMILES string of the molecule is CC1CCC(O)CN1CCC(N)=S. The average Bonchev–Trinajstić information content (AvgIpc) is 2.06. The van der Waals surface area contributed by atoms with Crippen molar-refractivity contribution in [2.75, 3.05) is 13.1 Å². The molecular weight excluding hydrogens is 184 g/mol. The van der Waals surface area contributed by atoms with Gasteiger partial charge in [-0.15, -0.1) is 0 Å². The monoisotopic (exact) mass is 202 g/mol. The van der Waals surface area contributed by atoms with Gasteiger partial charge < -0.3 is 10.8 Å². The molecule has 3 N–H and O–H groups in total. The molecule has 1 aliphatic heterocycles. The second kappa shape index (κ2) is 4.88. The molecule has 0 amide bonds. The second-order valence-corrected chi connectivity index (χ2v) is 4.32. The second-order valence-electron chi connectivity index (χ2n) is 3.79. The van der Waals surface area contributed by atoms with E-state index in [2.05, 4.69) is 11.8 Å². The lowest BCUT2D eigenvalue weighted by molar-refractivity contribution is 0.0428. The van der Waals surface area contributed by atoms with Crippen molar-refractivity contribution >= 4 is 17.2 Å². The maximum absolute atomic E-state index is 9.46. The van der Waals surface area contributed by atoms with Crippen LogP contribution in [0.4, 0.5) is 0 Å². The van der Waals surface area contributed by atoms with Crippen molar-refractivity contribution in [3.63, 3.8) is 0 Å². The number of hydrogen-bond donors (Lipinski definition) is 2. The van der Waals surface area contributed by atoms with E-state index in [1.165, 1.54) is 0 Å². The number of likely N-dealkylation sites (tertiary alicyclic amines) is 1. The summed E-state index contributed by atoms with van der Waals surface area (Å²) in [6.45, 7) is 3.84. The third-order valence-corrected chi connectivity index (χ3v) is 2.84. The Balaban J connectivity index is 2.33. The van der Waals surface area contributed by atoms with E-state index < -0.39 is 0 Å². The smallest absolute Gasteiger partial charge is 0.0740 e. The van der Waals surface area contributed by atoms with Crippen LogP contribution in [-0.2, 0) is 0 Å². The van der Waals surface area contributed by atoms with Crippen LogP contribution in [0.1, 0.15) is 26.2 Å². The molecule has 1 heterocycles. The first-order valence-corrected chi connectivity index (χ1v) is 5.21. The van der Waals surface area contributed by atoms with E-state index in [0.29, 0.717) is 11.0 Å². The summed E-state index contributed by atoms with van der Waals surface area (Å²) in [5.41, 5.74) is 5.43. The van der Waals surface area contributed by atoms with Crippen LogP contribution in [0.3, 0.4) is 0 Å². The highest BCUT2D eigenvalue weighted by Crippen LogP contribution is 2.16. The van der Waals surface area contributed by atoms with E-state index in [4.69, 9.17) is 18.0 Å². The molecule has 0 aliphatic carbocycles. The van der Waals surface area contributed by atoms with Gasteiger partial charge in [-0.05, 0) is 19.8 Å². The number of nitrogens with zero attached hydrogens (tertiary/aromatic N) is 1. The molecule has 0 aromatic rings. The summed E-state index contributed by atoms with van der Waals surface area (Å²) in [4.78, 5) is 2.82. The van der Waals surface area contributed by atoms with Gasteiger partial charge in [-0.2, -0.15) is 0 Å². The zero-order valence-electron chi connectivity index (χ0n) is 8.07. The molecule has 0 bridgehead atoms. The third-order valence-electron chi connectivity index (χ3n) is 2.63. The molecule has 76 valence electrons. The molecule has 0 aromatic carbocycles. The molecule has 0 saturated carbocycles. The number of rotatable bonds is 3. The Bertz CT molecular complexity index is 186. The fourth-order valence-electron chi connectivity index (χ4n) is 1.72. The van der Waals surface area contributed by atoms with Crippen molar-refractivity contribution in [3.8, 4) is 0 Å². The molecule has 0 radical (unpaired) electrons. The van der Waals surface area contributed by atoms with Gasteiger partial charge in [-0.1, -0.05) is 12.2 Å². The molecule has 1 aliphatic rings. The molecule has 0 spiro atoms. The van der Waals surface area contributed by atoms with E-state index in [0.717, 1.165) is 32.4 Å². The molecule has 2 unspecified atom stereocenters. The molecule has 3 nitrogen and oxygen atoms in total. The maximum atomic E-state index is 9.46. The standard InChI is InChI=1S/C9H18N2OS/c1-7-2-3-8(12)6-11(7)5-4-9(10)13/h7-8,12H,2-6H2,1H3,(H2,10,13). The van der Waals surface area contributed by atoms with E-state index in [-0.39, 0.29) is 6.10 Å². The van der Waals surface area contributed by atoms with Crippen molar-refractivity contribution in [3.05, 3.63) is 0 Å². The Morgan fingerprint density at radius 2 is 2.31 bits per heavy atom. The van der Waals surface area contributed by atoms with Crippen LogP contribution in [0.5, 0.6) is 0 Å². The quantitative estimate of drug-likeness (QED) is 0.655. The minimum atomic E-state index is -0.164. The Morgan fingerprint density at radius 3 is 2.92 bits per heavy atom. The lowest BCUT2D eigenvalue weighted by Gasteiger charge is -2.35. The Kier molecular flexibility index (Phi) is 4.09. The number of piperidine rings is 1. The number of β-amino-alcohol motifs (C(OH)–C–C–N with tert-alkyl or cyclic N) is 1.